The normalized spacial score (nSPS) is 12.8. The maximum atomic E-state index is 13.0. The van der Waals surface area contributed by atoms with Crippen molar-refractivity contribution in [2.24, 2.45) is 5.92 Å². The van der Waals surface area contributed by atoms with E-state index in [1.165, 1.54) is 0 Å². The average molecular weight is 389 g/mol. The summed E-state index contributed by atoms with van der Waals surface area (Å²) in [6.45, 7) is 7.99. The molecule has 0 saturated carbocycles. The van der Waals surface area contributed by atoms with Crippen molar-refractivity contribution in [1.82, 2.24) is 9.62 Å². The predicted octanol–water partition coefficient (Wildman–Crippen LogP) is 3.26. The molecule has 0 bridgehead atoms. The quantitative estimate of drug-likeness (QED) is 0.792. The number of carbonyl (C=O) groups is 1. The first-order valence-electron chi connectivity index (χ1n) is 9.00. The van der Waals surface area contributed by atoms with E-state index in [-0.39, 0.29) is 16.7 Å². The van der Waals surface area contributed by atoms with Gasteiger partial charge < -0.3 is 4.90 Å². The molecule has 2 aromatic carbocycles. The second-order valence-electron chi connectivity index (χ2n) is 7.28. The van der Waals surface area contributed by atoms with E-state index in [9.17, 15) is 13.2 Å². The van der Waals surface area contributed by atoms with Gasteiger partial charge in [-0.15, -0.1) is 0 Å². The summed E-state index contributed by atoms with van der Waals surface area (Å²) in [6.07, 6.45) is 0. The van der Waals surface area contributed by atoms with Crippen molar-refractivity contribution in [2.75, 3.05) is 7.05 Å². The number of benzene rings is 2. The summed E-state index contributed by atoms with van der Waals surface area (Å²) in [5.74, 6) is -0.430. The number of sulfonamides is 1. The lowest BCUT2D eigenvalue weighted by Crippen LogP contribution is -2.49. The molecule has 0 saturated heterocycles. The van der Waals surface area contributed by atoms with E-state index in [1.807, 2.05) is 52.0 Å². The van der Waals surface area contributed by atoms with E-state index in [1.54, 1.807) is 36.2 Å². The minimum absolute atomic E-state index is 0.160. The van der Waals surface area contributed by atoms with E-state index < -0.39 is 16.1 Å². The Hall–Kier alpha value is -2.18. The fourth-order valence-electron chi connectivity index (χ4n) is 2.78. The van der Waals surface area contributed by atoms with Crippen LogP contribution in [0.5, 0.6) is 0 Å². The topological polar surface area (TPSA) is 66.5 Å². The van der Waals surface area contributed by atoms with Crippen LogP contribution in [0.1, 0.15) is 30.5 Å². The lowest BCUT2D eigenvalue weighted by atomic mass is 10.0. The predicted molar refractivity (Wildman–Crippen MR) is 108 cm³/mol. The third-order valence-corrected chi connectivity index (χ3v) is 6.05. The molecular formula is C21H28N2O3S. The molecule has 2 rings (SSSR count). The van der Waals surface area contributed by atoms with Crippen LogP contribution in [0, 0.1) is 19.8 Å². The smallest absolute Gasteiger partial charge is 0.241 e. The number of aryl methyl sites for hydroxylation is 2. The van der Waals surface area contributed by atoms with E-state index in [2.05, 4.69) is 4.72 Å². The summed E-state index contributed by atoms with van der Waals surface area (Å²) in [4.78, 5) is 14.7. The fraction of sp³-hybridized carbons (Fsp3) is 0.381. The van der Waals surface area contributed by atoms with Gasteiger partial charge in [-0.25, -0.2) is 8.42 Å². The van der Waals surface area contributed by atoms with Gasteiger partial charge in [0.1, 0.15) is 6.04 Å². The summed E-state index contributed by atoms with van der Waals surface area (Å²) >= 11 is 0. The highest BCUT2D eigenvalue weighted by Crippen LogP contribution is 2.16. The number of hydrogen-bond acceptors (Lipinski definition) is 3. The van der Waals surface area contributed by atoms with Gasteiger partial charge in [-0.2, -0.15) is 4.72 Å². The Morgan fingerprint density at radius 1 is 1.04 bits per heavy atom. The first kappa shape index (κ1) is 21.1. The minimum Gasteiger partial charge on any atom is -0.340 e. The molecule has 0 fully saturated rings. The Morgan fingerprint density at radius 2 is 1.63 bits per heavy atom. The summed E-state index contributed by atoms with van der Waals surface area (Å²) in [5.41, 5.74) is 3.11. The molecule has 0 aromatic heterocycles. The number of likely N-dealkylation sites (N-methyl/N-ethyl adjacent to an activating group) is 1. The third-order valence-electron chi connectivity index (χ3n) is 4.59. The van der Waals surface area contributed by atoms with Crippen LogP contribution in [-0.2, 0) is 21.4 Å². The van der Waals surface area contributed by atoms with Gasteiger partial charge in [0.05, 0.1) is 4.90 Å². The maximum absolute atomic E-state index is 13.0. The first-order chi connectivity index (χ1) is 12.6. The highest BCUT2D eigenvalue weighted by atomic mass is 32.2. The molecule has 0 heterocycles. The minimum atomic E-state index is -3.78. The van der Waals surface area contributed by atoms with Crippen molar-refractivity contribution in [2.45, 2.75) is 45.2 Å². The molecule has 1 amide bonds. The Bertz CT molecular complexity index is 890. The second-order valence-corrected chi connectivity index (χ2v) is 8.99. The number of carbonyl (C=O) groups excluding carboxylic acids is 1. The fourth-order valence-corrected chi connectivity index (χ4v) is 4.12. The SMILES string of the molecule is Cc1ccc(S(=O)(=O)N[C@H](C(=O)N(C)Cc2ccccc2C)C(C)C)cc1. The lowest BCUT2D eigenvalue weighted by Gasteiger charge is -2.27. The van der Waals surface area contributed by atoms with Crippen LogP contribution >= 0.6 is 0 Å². The third kappa shape index (κ3) is 5.40. The second kappa shape index (κ2) is 8.67. The van der Waals surface area contributed by atoms with Crippen LogP contribution in [0.15, 0.2) is 53.4 Å². The Balaban J connectivity index is 2.19. The molecule has 0 radical (unpaired) electrons. The number of nitrogens with one attached hydrogen (secondary N) is 1. The van der Waals surface area contributed by atoms with Gasteiger partial charge in [0.2, 0.25) is 15.9 Å². The zero-order valence-electron chi connectivity index (χ0n) is 16.6. The van der Waals surface area contributed by atoms with Gasteiger partial charge in [0, 0.05) is 13.6 Å². The standard InChI is InChI=1S/C21H28N2O3S/c1-15(2)20(22-27(25,26)19-12-10-16(3)11-13-19)21(24)23(5)14-18-9-7-6-8-17(18)4/h6-13,15,20,22H,14H2,1-5H3/t20-/m0/s1. The van der Waals surface area contributed by atoms with Crippen molar-refractivity contribution < 1.29 is 13.2 Å². The molecule has 2 aromatic rings. The Morgan fingerprint density at radius 3 is 2.19 bits per heavy atom. The summed E-state index contributed by atoms with van der Waals surface area (Å²) in [5, 5.41) is 0. The van der Waals surface area contributed by atoms with Gasteiger partial charge in [0.15, 0.2) is 0 Å². The molecule has 27 heavy (non-hydrogen) atoms. The first-order valence-corrected chi connectivity index (χ1v) is 10.5. The largest absolute Gasteiger partial charge is 0.340 e. The molecule has 0 aliphatic rings. The molecule has 1 N–H and O–H groups in total. The maximum Gasteiger partial charge on any atom is 0.241 e. The molecule has 5 nitrogen and oxygen atoms in total. The number of rotatable bonds is 7. The monoisotopic (exact) mass is 388 g/mol. The van der Waals surface area contributed by atoms with Gasteiger partial charge in [0.25, 0.3) is 0 Å². The molecule has 1 atom stereocenters. The molecular weight excluding hydrogens is 360 g/mol. The zero-order valence-corrected chi connectivity index (χ0v) is 17.4. The van der Waals surface area contributed by atoms with Gasteiger partial charge in [-0.05, 0) is 43.0 Å². The van der Waals surface area contributed by atoms with Crippen molar-refractivity contribution in [3.8, 4) is 0 Å². The molecule has 0 aliphatic heterocycles. The number of hydrogen-bond donors (Lipinski definition) is 1. The Labute approximate surface area is 162 Å². The van der Waals surface area contributed by atoms with E-state index in [4.69, 9.17) is 0 Å². The van der Waals surface area contributed by atoms with E-state index in [0.717, 1.165) is 16.7 Å². The zero-order chi connectivity index (χ0) is 20.2. The molecule has 146 valence electrons. The van der Waals surface area contributed by atoms with Crippen LogP contribution in [-0.4, -0.2) is 32.3 Å². The van der Waals surface area contributed by atoms with Crippen molar-refractivity contribution >= 4 is 15.9 Å². The van der Waals surface area contributed by atoms with E-state index in [0.29, 0.717) is 6.54 Å². The lowest BCUT2D eigenvalue weighted by molar-refractivity contribution is -0.133. The van der Waals surface area contributed by atoms with Crippen LogP contribution < -0.4 is 4.72 Å². The van der Waals surface area contributed by atoms with Crippen molar-refractivity contribution in [1.29, 1.82) is 0 Å². The van der Waals surface area contributed by atoms with Crippen LogP contribution in [0.2, 0.25) is 0 Å². The van der Waals surface area contributed by atoms with E-state index >= 15 is 0 Å². The Kier molecular flexibility index (Phi) is 6.78. The van der Waals surface area contributed by atoms with Crippen molar-refractivity contribution in [3.63, 3.8) is 0 Å². The number of nitrogens with zero attached hydrogens (tertiary/aromatic N) is 1. The van der Waals surface area contributed by atoms with Gasteiger partial charge >= 0.3 is 0 Å². The summed E-state index contributed by atoms with van der Waals surface area (Å²) < 4.78 is 28.0. The summed E-state index contributed by atoms with van der Waals surface area (Å²) in [6, 6.07) is 13.6. The summed E-state index contributed by atoms with van der Waals surface area (Å²) in [7, 11) is -2.08. The van der Waals surface area contributed by atoms with Gasteiger partial charge in [-0.3, -0.25) is 4.79 Å². The number of amides is 1. The molecule has 0 spiro atoms. The average Bonchev–Trinajstić information content (AvgIpc) is 2.61. The van der Waals surface area contributed by atoms with Crippen LogP contribution in [0.3, 0.4) is 0 Å². The highest BCUT2D eigenvalue weighted by molar-refractivity contribution is 7.89. The van der Waals surface area contributed by atoms with Crippen molar-refractivity contribution in [3.05, 3.63) is 65.2 Å². The molecule has 0 unspecified atom stereocenters. The van der Waals surface area contributed by atoms with Gasteiger partial charge in [-0.1, -0.05) is 55.8 Å². The highest BCUT2D eigenvalue weighted by Gasteiger charge is 2.30. The molecule has 0 aliphatic carbocycles. The molecule has 6 heteroatoms. The van der Waals surface area contributed by atoms with Crippen LogP contribution in [0.4, 0.5) is 0 Å². The van der Waals surface area contributed by atoms with Crippen LogP contribution in [0.25, 0.3) is 0 Å².